The van der Waals surface area contributed by atoms with Gasteiger partial charge >= 0.3 is 0 Å². The second kappa shape index (κ2) is 6.20. The molecule has 2 atom stereocenters. The Hall–Kier alpha value is -0.830. The summed E-state index contributed by atoms with van der Waals surface area (Å²) in [4.78, 5) is 4.41. The molecule has 3 nitrogen and oxygen atoms in total. The molecule has 1 N–H and O–H groups in total. The molecule has 1 aromatic heterocycles. The Kier molecular flexibility index (Phi) is 4.60. The number of imidazole rings is 1. The maximum absolute atomic E-state index is 4.41. The molecule has 1 fully saturated rings. The maximum Gasteiger partial charge on any atom is 0.122 e. The van der Waals surface area contributed by atoms with Gasteiger partial charge in [0.15, 0.2) is 0 Å². The van der Waals surface area contributed by atoms with E-state index in [1.807, 2.05) is 6.20 Å². The first kappa shape index (κ1) is 12.6. The molecule has 0 radical (unpaired) electrons. The maximum atomic E-state index is 4.41. The average Bonchev–Trinajstić information content (AvgIpc) is 2.69. The molecular formula is C14H25N3. The molecule has 0 saturated heterocycles. The summed E-state index contributed by atoms with van der Waals surface area (Å²) in [5, 5.41) is 3.68. The third-order valence-electron chi connectivity index (χ3n) is 3.95. The van der Waals surface area contributed by atoms with Crippen LogP contribution in [0.4, 0.5) is 0 Å². The van der Waals surface area contributed by atoms with Crippen LogP contribution in [-0.4, -0.2) is 15.6 Å². The minimum absolute atomic E-state index is 0.696. The van der Waals surface area contributed by atoms with E-state index in [1.54, 1.807) is 0 Å². The van der Waals surface area contributed by atoms with E-state index in [4.69, 9.17) is 0 Å². The van der Waals surface area contributed by atoms with Crippen molar-refractivity contribution in [1.82, 2.24) is 14.9 Å². The van der Waals surface area contributed by atoms with Crippen LogP contribution in [-0.2, 0) is 13.1 Å². The average molecular weight is 235 g/mol. The van der Waals surface area contributed by atoms with E-state index in [0.717, 1.165) is 19.0 Å². The summed E-state index contributed by atoms with van der Waals surface area (Å²) < 4.78 is 2.21. The van der Waals surface area contributed by atoms with Gasteiger partial charge in [0.1, 0.15) is 5.82 Å². The molecule has 17 heavy (non-hydrogen) atoms. The van der Waals surface area contributed by atoms with E-state index in [1.165, 1.54) is 37.9 Å². The van der Waals surface area contributed by atoms with Crippen molar-refractivity contribution in [2.45, 2.75) is 65.1 Å². The summed E-state index contributed by atoms with van der Waals surface area (Å²) in [5.41, 5.74) is 0. The molecule has 3 heteroatoms. The zero-order valence-corrected chi connectivity index (χ0v) is 11.2. The fraction of sp³-hybridized carbons (Fsp3) is 0.786. The van der Waals surface area contributed by atoms with Crippen LogP contribution < -0.4 is 5.32 Å². The molecule has 0 spiro atoms. The van der Waals surface area contributed by atoms with Crippen LogP contribution in [0.2, 0.25) is 0 Å². The molecule has 2 rings (SSSR count). The van der Waals surface area contributed by atoms with E-state index in [9.17, 15) is 0 Å². The summed E-state index contributed by atoms with van der Waals surface area (Å²) in [5.74, 6) is 2.09. The first-order chi connectivity index (χ1) is 8.29. The van der Waals surface area contributed by atoms with Gasteiger partial charge in [0, 0.05) is 25.0 Å². The Morgan fingerprint density at radius 1 is 1.35 bits per heavy atom. The first-order valence-corrected chi connectivity index (χ1v) is 7.03. The van der Waals surface area contributed by atoms with Gasteiger partial charge in [-0.3, -0.25) is 0 Å². The molecule has 0 amide bonds. The Morgan fingerprint density at radius 2 is 2.24 bits per heavy atom. The number of hydrogen-bond donors (Lipinski definition) is 1. The van der Waals surface area contributed by atoms with Crippen LogP contribution in [0, 0.1) is 5.92 Å². The number of aryl methyl sites for hydroxylation is 1. The SMILES string of the molecule is CCn1ccnc1CNC1CCCC(C)CC1. The van der Waals surface area contributed by atoms with E-state index < -0.39 is 0 Å². The van der Waals surface area contributed by atoms with Gasteiger partial charge in [-0.05, 0) is 32.1 Å². The molecule has 2 unspecified atom stereocenters. The summed E-state index contributed by atoms with van der Waals surface area (Å²) in [6.45, 7) is 6.48. The van der Waals surface area contributed by atoms with Crippen LogP contribution in [0.15, 0.2) is 12.4 Å². The molecule has 1 saturated carbocycles. The van der Waals surface area contributed by atoms with Gasteiger partial charge in [0.05, 0.1) is 6.54 Å². The van der Waals surface area contributed by atoms with Gasteiger partial charge in [-0.15, -0.1) is 0 Å². The van der Waals surface area contributed by atoms with Crippen LogP contribution >= 0.6 is 0 Å². The van der Waals surface area contributed by atoms with Crippen molar-refractivity contribution < 1.29 is 0 Å². The molecule has 96 valence electrons. The Bertz CT molecular complexity index is 332. The van der Waals surface area contributed by atoms with Crippen molar-refractivity contribution in [3.63, 3.8) is 0 Å². The molecule has 0 aliphatic heterocycles. The molecule has 1 aliphatic carbocycles. The van der Waals surface area contributed by atoms with Gasteiger partial charge < -0.3 is 9.88 Å². The van der Waals surface area contributed by atoms with Gasteiger partial charge in [-0.2, -0.15) is 0 Å². The van der Waals surface area contributed by atoms with E-state index in [-0.39, 0.29) is 0 Å². The van der Waals surface area contributed by atoms with Gasteiger partial charge in [0.2, 0.25) is 0 Å². The van der Waals surface area contributed by atoms with Crippen molar-refractivity contribution in [1.29, 1.82) is 0 Å². The normalized spacial score (nSPS) is 25.8. The van der Waals surface area contributed by atoms with E-state index >= 15 is 0 Å². The second-order valence-electron chi connectivity index (χ2n) is 5.32. The second-order valence-corrected chi connectivity index (χ2v) is 5.32. The fourth-order valence-corrected chi connectivity index (χ4v) is 2.72. The van der Waals surface area contributed by atoms with Crippen LogP contribution in [0.25, 0.3) is 0 Å². The fourth-order valence-electron chi connectivity index (χ4n) is 2.72. The zero-order chi connectivity index (χ0) is 12.1. The highest BCUT2D eigenvalue weighted by atomic mass is 15.1. The molecule has 0 bridgehead atoms. The van der Waals surface area contributed by atoms with Crippen molar-refractivity contribution >= 4 is 0 Å². The van der Waals surface area contributed by atoms with E-state index in [0.29, 0.717) is 6.04 Å². The summed E-state index contributed by atoms with van der Waals surface area (Å²) >= 11 is 0. The molecular weight excluding hydrogens is 210 g/mol. The van der Waals surface area contributed by atoms with Gasteiger partial charge in [0.25, 0.3) is 0 Å². The van der Waals surface area contributed by atoms with Crippen molar-refractivity contribution in [2.24, 2.45) is 5.92 Å². The van der Waals surface area contributed by atoms with Crippen LogP contribution in [0.3, 0.4) is 0 Å². The topological polar surface area (TPSA) is 29.9 Å². The summed E-state index contributed by atoms with van der Waals surface area (Å²) in [6, 6.07) is 0.696. The lowest BCUT2D eigenvalue weighted by atomic mass is 10.0. The van der Waals surface area contributed by atoms with Crippen molar-refractivity contribution in [3.05, 3.63) is 18.2 Å². The lowest BCUT2D eigenvalue weighted by molar-refractivity contribution is 0.437. The predicted octanol–water partition coefficient (Wildman–Crippen LogP) is 2.96. The lowest BCUT2D eigenvalue weighted by Crippen LogP contribution is -2.29. The smallest absolute Gasteiger partial charge is 0.122 e. The Labute approximate surface area is 105 Å². The quantitative estimate of drug-likeness (QED) is 0.813. The Balaban J connectivity index is 1.81. The molecule has 0 aromatic carbocycles. The Morgan fingerprint density at radius 3 is 3.06 bits per heavy atom. The van der Waals surface area contributed by atoms with Crippen LogP contribution in [0.1, 0.15) is 51.8 Å². The predicted molar refractivity (Wildman–Crippen MR) is 70.8 cm³/mol. The number of aromatic nitrogens is 2. The van der Waals surface area contributed by atoms with Gasteiger partial charge in [-0.25, -0.2) is 4.98 Å². The number of nitrogens with zero attached hydrogens (tertiary/aromatic N) is 2. The summed E-state index contributed by atoms with van der Waals surface area (Å²) in [7, 11) is 0. The van der Waals surface area contributed by atoms with Gasteiger partial charge in [-0.1, -0.05) is 19.8 Å². The highest BCUT2D eigenvalue weighted by molar-refractivity contribution is 4.92. The summed E-state index contributed by atoms with van der Waals surface area (Å²) in [6.07, 6.45) is 10.8. The minimum Gasteiger partial charge on any atom is -0.334 e. The monoisotopic (exact) mass is 235 g/mol. The lowest BCUT2D eigenvalue weighted by Gasteiger charge is -2.16. The number of nitrogens with one attached hydrogen (secondary N) is 1. The standard InChI is InChI=1S/C14H25N3/c1-3-17-10-9-15-14(17)11-16-13-6-4-5-12(2)7-8-13/h9-10,12-13,16H,3-8,11H2,1-2H3. The third kappa shape index (κ3) is 3.56. The molecule has 1 aliphatic rings. The zero-order valence-electron chi connectivity index (χ0n) is 11.2. The minimum atomic E-state index is 0.696. The van der Waals surface area contributed by atoms with Crippen LogP contribution in [0.5, 0.6) is 0 Å². The van der Waals surface area contributed by atoms with Crippen molar-refractivity contribution in [3.8, 4) is 0 Å². The largest absolute Gasteiger partial charge is 0.334 e. The number of hydrogen-bond acceptors (Lipinski definition) is 2. The number of rotatable bonds is 4. The highest BCUT2D eigenvalue weighted by Crippen LogP contribution is 2.22. The molecule has 1 aromatic rings. The van der Waals surface area contributed by atoms with Crippen molar-refractivity contribution in [2.75, 3.05) is 0 Å². The molecule has 1 heterocycles. The highest BCUT2D eigenvalue weighted by Gasteiger charge is 2.16. The first-order valence-electron chi connectivity index (χ1n) is 7.03. The third-order valence-corrected chi connectivity index (χ3v) is 3.95. The van der Waals surface area contributed by atoms with E-state index in [2.05, 4.69) is 34.9 Å².